The maximum absolute atomic E-state index is 9.60. The van der Waals surface area contributed by atoms with Gasteiger partial charge in [-0.25, -0.2) is 0 Å². The Kier molecular flexibility index (Phi) is 6.89. The van der Waals surface area contributed by atoms with E-state index in [2.05, 4.69) is 31.3 Å². The molecule has 0 aliphatic carbocycles. The standard InChI is InChI=1S/C16H27NO2/c1-4-16(5-2,13-18)12-17-15-10-8-7-9-14(15)11-19-6-3/h7-10,17-18H,4-6,11-13H2,1-3H3. The summed E-state index contributed by atoms with van der Waals surface area (Å²) < 4.78 is 5.48. The van der Waals surface area contributed by atoms with Gasteiger partial charge in [0, 0.05) is 29.8 Å². The SMILES string of the molecule is CCOCc1ccccc1NCC(CC)(CC)CO. The van der Waals surface area contributed by atoms with Crippen molar-refractivity contribution in [1.82, 2.24) is 0 Å². The second kappa shape index (κ2) is 8.18. The van der Waals surface area contributed by atoms with E-state index < -0.39 is 0 Å². The van der Waals surface area contributed by atoms with E-state index in [4.69, 9.17) is 4.74 Å². The van der Waals surface area contributed by atoms with Gasteiger partial charge < -0.3 is 15.2 Å². The lowest BCUT2D eigenvalue weighted by Crippen LogP contribution is -2.32. The Morgan fingerprint density at radius 2 is 1.84 bits per heavy atom. The summed E-state index contributed by atoms with van der Waals surface area (Å²) in [7, 11) is 0. The Hall–Kier alpha value is -1.06. The van der Waals surface area contributed by atoms with Crippen molar-refractivity contribution in [1.29, 1.82) is 0 Å². The third-order valence-electron chi connectivity index (χ3n) is 3.97. The number of para-hydroxylation sites is 1. The maximum Gasteiger partial charge on any atom is 0.0736 e. The second-order valence-electron chi connectivity index (χ2n) is 5.01. The molecule has 0 heterocycles. The molecule has 0 radical (unpaired) electrons. The van der Waals surface area contributed by atoms with Crippen LogP contribution in [0.2, 0.25) is 0 Å². The van der Waals surface area contributed by atoms with Crippen LogP contribution in [0.5, 0.6) is 0 Å². The highest BCUT2D eigenvalue weighted by Crippen LogP contribution is 2.27. The molecular weight excluding hydrogens is 238 g/mol. The van der Waals surface area contributed by atoms with Crippen LogP contribution in [0.15, 0.2) is 24.3 Å². The molecule has 1 aromatic rings. The molecule has 1 rings (SSSR count). The van der Waals surface area contributed by atoms with Crippen LogP contribution in [0.4, 0.5) is 5.69 Å². The Balaban J connectivity index is 2.71. The topological polar surface area (TPSA) is 41.5 Å². The molecule has 0 amide bonds. The minimum Gasteiger partial charge on any atom is -0.396 e. The Morgan fingerprint density at radius 3 is 2.42 bits per heavy atom. The Labute approximate surface area is 117 Å². The van der Waals surface area contributed by atoms with Crippen molar-refractivity contribution in [3.8, 4) is 0 Å². The number of hydrogen-bond acceptors (Lipinski definition) is 3. The van der Waals surface area contributed by atoms with Gasteiger partial charge in [-0.3, -0.25) is 0 Å². The molecule has 0 aliphatic heterocycles. The number of rotatable bonds is 9. The molecule has 0 aromatic heterocycles. The lowest BCUT2D eigenvalue weighted by molar-refractivity contribution is 0.126. The number of ether oxygens (including phenoxy) is 1. The first-order chi connectivity index (χ1) is 9.21. The van der Waals surface area contributed by atoms with Crippen LogP contribution in [-0.2, 0) is 11.3 Å². The fraction of sp³-hybridized carbons (Fsp3) is 0.625. The molecule has 108 valence electrons. The van der Waals surface area contributed by atoms with Gasteiger partial charge in [0.1, 0.15) is 0 Å². The van der Waals surface area contributed by atoms with E-state index in [0.717, 1.165) is 31.7 Å². The summed E-state index contributed by atoms with van der Waals surface area (Å²) in [5.41, 5.74) is 2.25. The third kappa shape index (κ3) is 4.51. The van der Waals surface area contributed by atoms with Gasteiger partial charge in [-0.2, -0.15) is 0 Å². The zero-order valence-electron chi connectivity index (χ0n) is 12.4. The quantitative estimate of drug-likeness (QED) is 0.718. The highest BCUT2D eigenvalue weighted by molar-refractivity contribution is 5.50. The van der Waals surface area contributed by atoms with Crippen LogP contribution in [0.3, 0.4) is 0 Å². The van der Waals surface area contributed by atoms with Crippen molar-refractivity contribution in [3.05, 3.63) is 29.8 Å². The molecule has 3 heteroatoms. The first-order valence-corrected chi connectivity index (χ1v) is 7.21. The summed E-state index contributed by atoms with van der Waals surface area (Å²) in [6, 6.07) is 8.20. The predicted octanol–water partition coefficient (Wildman–Crippen LogP) is 3.43. The van der Waals surface area contributed by atoms with Gasteiger partial charge in [0.2, 0.25) is 0 Å². The zero-order chi connectivity index (χ0) is 14.1. The summed E-state index contributed by atoms with van der Waals surface area (Å²) in [5, 5.41) is 13.1. The summed E-state index contributed by atoms with van der Waals surface area (Å²) in [6.45, 7) is 8.63. The van der Waals surface area contributed by atoms with Crippen molar-refractivity contribution in [2.45, 2.75) is 40.2 Å². The van der Waals surface area contributed by atoms with Crippen molar-refractivity contribution >= 4 is 5.69 Å². The largest absolute Gasteiger partial charge is 0.396 e. The van der Waals surface area contributed by atoms with E-state index in [1.807, 2.05) is 19.1 Å². The molecule has 0 unspecified atom stereocenters. The molecule has 0 bridgehead atoms. The lowest BCUT2D eigenvalue weighted by atomic mass is 9.83. The first kappa shape index (κ1) is 16.0. The number of nitrogens with one attached hydrogen (secondary N) is 1. The van der Waals surface area contributed by atoms with Crippen molar-refractivity contribution in [2.75, 3.05) is 25.1 Å². The van der Waals surface area contributed by atoms with Crippen LogP contribution >= 0.6 is 0 Å². The van der Waals surface area contributed by atoms with Gasteiger partial charge in [-0.15, -0.1) is 0 Å². The smallest absolute Gasteiger partial charge is 0.0736 e. The van der Waals surface area contributed by atoms with E-state index in [-0.39, 0.29) is 12.0 Å². The van der Waals surface area contributed by atoms with Gasteiger partial charge in [-0.1, -0.05) is 32.0 Å². The van der Waals surface area contributed by atoms with Crippen LogP contribution < -0.4 is 5.32 Å². The van der Waals surface area contributed by atoms with Crippen LogP contribution in [0.1, 0.15) is 39.2 Å². The highest BCUT2D eigenvalue weighted by Gasteiger charge is 2.25. The van der Waals surface area contributed by atoms with E-state index in [1.54, 1.807) is 0 Å². The molecular formula is C16H27NO2. The fourth-order valence-corrected chi connectivity index (χ4v) is 2.09. The molecule has 0 saturated heterocycles. The Morgan fingerprint density at radius 1 is 1.16 bits per heavy atom. The average Bonchev–Trinajstić information content (AvgIpc) is 2.48. The molecule has 0 aliphatic rings. The van der Waals surface area contributed by atoms with Crippen molar-refractivity contribution in [3.63, 3.8) is 0 Å². The number of aliphatic hydroxyl groups excluding tert-OH is 1. The number of anilines is 1. The monoisotopic (exact) mass is 265 g/mol. The molecule has 1 aromatic carbocycles. The van der Waals surface area contributed by atoms with Gasteiger partial charge in [-0.05, 0) is 25.8 Å². The zero-order valence-corrected chi connectivity index (χ0v) is 12.4. The minimum atomic E-state index is -0.0290. The van der Waals surface area contributed by atoms with E-state index in [0.29, 0.717) is 6.61 Å². The van der Waals surface area contributed by atoms with Crippen molar-refractivity contribution in [2.24, 2.45) is 5.41 Å². The highest BCUT2D eigenvalue weighted by atomic mass is 16.5. The lowest BCUT2D eigenvalue weighted by Gasteiger charge is -2.30. The predicted molar refractivity (Wildman–Crippen MR) is 80.4 cm³/mol. The van der Waals surface area contributed by atoms with Gasteiger partial charge in [0.05, 0.1) is 13.2 Å². The molecule has 0 saturated carbocycles. The van der Waals surface area contributed by atoms with Crippen LogP contribution in [0.25, 0.3) is 0 Å². The molecule has 19 heavy (non-hydrogen) atoms. The van der Waals surface area contributed by atoms with Crippen LogP contribution in [0, 0.1) is 5.41 Å². The maximum atomic E-state index is 9.60. The summed E-state index contributed by atoms with van der Waals surface area (Å²) in [5.74, 6) is 0. The number of aliphatic hydroxyl groups is 1. The van der Waals surface area contributed by atoms with E-state index in [9.17, 15) is 5.11 Å². The third-order valence-corrected chi connectivity index (χ3v) is 3.97. The summed E-state index contributed by atoms with van der Waals surface area (Å²) in [4.78, 5) is 0. The molecule has 3 nitrogen and oxygen atoms in total. The summed E-state index contributed by atoms with van der Waals surface area (Å²) >= 11 is 0. The molecule has 0 spiro atoms. The average molecular weight is 265 g/mol. The molecule has 0 fully saturated rings. The summed E-state index contributed by atoms with van der Waals surface area (Å²) in [6.07, 6.45) is 1.95. The van der Waals surface area contributed by atoms with E-state index >= 15 is 0 Å². The first-order valence-electron chi connectivity index (χ1n) is 7.21. The van der Waals surface area contributed by atoms with Crippen LogP contribution in [-0.4, -0.2) is 24.9 Å². The fourth-order valence-electron chi connectivity index (χ4n) is 2.09. The molecule has 2 N–H and O–H groups in total. The van der Waals surface area contributed by atoms with Gasteiger partial charge >= 0.3 is 0 Å². The van der Waals surface area contributed by atoms with E-state index in [1.165, 1.54) is 5.56 Å². The van der Waals surface area contributed by atoms with Gasteiger partial charge in [0.15, 0.2) is 0 Å². The van der Waals surface area contributed by atoms with Crippen molar-refractivity contribution < 1.29 is 9.84 Å². The number of hydrogen-bond donors (Lipinski definition) is 2. The molecule has 0 atom stereocenters. The normalized spacial score (nSPS) is 11.6. The Bertz CT molecular complexity index is 353. The number of benzene rings is 1. The second-order valence-corrected chi connectivity index (χ2v) is 5.01. The van der Waals surface area contributed by atoms with Gasteiger partial charge in [0.25, 0.3) is 0 Å². The minimum absolute atomic E-state index is 0.0290.